The molecule has 2 aromatic heterocycles. The zero-order valence-electron chi connectivity index (χ0n) is 18.3. The molecule has 0 N–H and O–H groups in total. The van der Waals surface area contributed by atoms with E-state index in [9.17, 15) is 4.79 Å². The fraction of sp³-hybridized carbons (Fsp3) is 0.400. The van der Waals surface area contributed by atoms with Gasteiger partial charge in [0, 0.05) is 50.1 Å². The van der Waals surface area contributed by atoms with Gasteiger partial charge in [-0.1, -0.05) is 41.6 Å². The zero-order chi connectivity index (χ0) is 21.7. The molecule has 162 valence electrons. The highest BCUT2D eigenvalue weighted by Gasteiger charge is 2.49. The molecule has 0 radical (unpaired) electrons. The Morgan fingerprint density at radius 2 is 1.97 bits per heavy atom. The van der Waals surface area contributed by atoms with Crippen LogP contribution in [0.15, 0.2) is 65.4 Å². The van der Waals surface area contributed by atoms with Crippen molar-refractivity contribution in [1.29, 1.82) is 0 Å². The number of amides is 1. The Morgan fingerprint density at radius 1 is 1.16 bits per heavy atom. The molecule has 0 bridgehead atoms. The highest BCUT2D eigenvalue weighted by Crippen LogP contribution is 2.36. The molecule has 6 heteroatoms. The lowest BCUT2D eigenvalue weighted by molar-refractivity contribution is -0.143. The van der Waals surface area contributed by atoms with Crippen molar-refractivity contribution in [3.63, 3.8) is 0 Å². The van der Waals surface area contributed by atoms with E-state index >= 15 is 0 Å². The largest absolute Gasteiger partial charge is 0.361 e. The van der Waals surface area contributed by atoms with E-state index < -0.39 is 5.54 Å². The van der Waals surface area contributed by atoms with Crippen molar-refractivity contribution < 1.29 is 9.32 Å². The molecule has 0 saturated carbocycles. The molecule has 6 nitrogen and oxygen atoms in total. The number of aromatic nitrogens is 2. The van der Waals surface area contributed by atoms with Crippen LogP contribution in [0.2, 0.25) is 0 Å². The second-order valence-corrected chi connectivity index (χ2v) is 8.12. The van der Waals surface area contributed by atoms with Crippen molar-refractivity contribution in [2.45, 2.75) is 45.2 Å². The summed E-state index contributed by atoms with van der Waals surface area (Å²) in [4.78, 5) is 22.3. The van der Waals surface area contributed by atoms with Crippen LogP contribution in [0.3, 0.4) is 0 Å². The molecule has 3 aromatic rings. The number of carbonyl (C=O) groups is 1. The Balaban J connectivity index is 1.66. The molecule has 0 spiro atoms. The number of likely N-dealkylation sites (tertiary alicyclic amines) is 1. The molecule has 1 aromatic carbocycles. The van der Waals surface area contributed by atoms with Gasteiger partial charge in [-0.15, -0.1) is 0 Å². The van der Waals surface area contributed by atoms with Gasteiger partial charge in [-0.25, -0.2) is 0 Å². The first-order chi connectivity index (χ1) is 15.2. The van der Waals surface area contributed by atoms with Crippen LogP contribution in [0.4, 0.5) is 0 Å². The standard InChI is InChI=1S/C25H30N4O2/c1-3-28(4-2)24(30)25(13-9-15-29(25)19-20-10-8-14-26-18-20)17-22-16-23(27-31-22)21-11-6-5-7-12-21/h5-8,10-12,14,16,18H,3-4,9,13,15,17,19H2,1-2H3/t25-/m1/s1. The van der Waals surface area contributed by atoms with Crippen molar-refractivity contribution in [3.8, 4) is 11.3 Å². The predicted molar refractivity (Wildman–Crippen MR) is 120 cm³/mol. The molecule has 1 fully saturated rings. The molecule has 1 aliphatic heterocycles. The van der Waals surface area contributed by atoms with Crippen LogP contribution in [0.5, 0.6) is 0 Å². The summed E-state index contributed by atoms with van der Waals surface area (Å²) in [5, 5.41) is 4.28. The van der Waals surface area contributed by atoms with Gasteiger partial charge in [-0.3, -0.25) is 14.7 Å². The first-order valence-electron chi connectivity index (χ1n) is 11.1. The minimum Gasteiger partial charge on any atom is -0.361 e. The van der Waals surface area contributed by atoms with E-state index in [-0.39, 0.29) is 5.91 Å². The van der Waals surface area contributed by atoms with E-state index in [0.29, 0.717) is 26.1 Å². The Hall–Kier alpha value is -2.99. The van der Waals surface area contributed by atoms with Crippen LogP contribution < -0.4 is 0 Å². The minimum absolute atomic E-state index is 0.177. The van der Waals surface area contributed by atoms with E-state index in [4.69, 9.17) is 4.52 Å². The number of carbonyl (C=O) groups excluding carboxylic acids is 1. The van der Waals surface area contributed by atoms with Gasteiger partial charge in [0.25, 0.3) is 0 Å². The molecule has 1 aliphatic rings. The van der Waals surface area contributed by atoms with Crippen LogP contribution in [-0.4, -0.2) is 51.0 Å². The van der Waals surface area contributed by atoms with Gasteiger partial charge in [0.05, 0.1) is 0 Å². The summed E-state index contributed by atoms with van der Waals surface area (Å²) < 4.78 is 5.74. The molecule has 1 saturated heterocycles. The number of likely N-dealkylation sites (N-methyl/N-ethyl adjacent to an activating group) is 1. The summed E-state index contributed by atoms with van der Waals surface area (Å²) >= 11 is 0. The highest BCUT2D eigenvalue weighted by atomic mass is 16.5. The molecule has 0 aliphatic carbocycles. The topological polar surface area (TPSA) is 62.5 Å². The van der Waals surface area contributed by atoms with Crippen molar-refractivity contribution >= 4 is 5.91 Å². The zero-order valence-corrected chi connectivity index (χ0v) is 18.3. The lowest BCUT2D eigenvalue weighted by atomic mass is 9.88. The number of hydrogen-bond donors (Lipinski definition) is 0. The highest BCUT2D eigenvalue weighted by molar-refractivity contribution is 5.87. The number of pyridine rings is 1. The van der Waals surface area contributed by atoms with E-state index in [1.54, 1.807) is 6.20 Å². The average Bonchev–Trinajstić information content (AvgIpc) is 3.44. The summed E-state index contributed by atoms with van der Waals surface area (Å²) in [6.07, 6.45) is 5.97. The van der Waals surface area contributed by atoms with Crippen LogP contribution in [-0.2, 0) is 17.8 Å². The summed E-state index contributed by atoms with van der Waals surface area (Å²) in [5.41, 5.74) is 2.30. The second kappa shape index (κ2) is 9.43. The molecule has 3 heterocycles. The maximum atomic E-state index is 13.8. The first-order valence-corrected chi connectivity index (χ1v) is 11.1. The summed E-state index contributed by atoms with van der Waals surface area (Å²) in [6.45, 7) is 7.05. The SMILES string of the molecule is CCN(CC)C(=O)[C@]1(Cc2cc(-c3ccccc3)no2)CCCN1Cc1cccnc1. The van der Waals surface area contributed by atoms with E-state index in [1.807, 2.05) is 67.4 Å². The van der Waals surface area contributed by atoms with Crippen molar-refractivity contribution in [2.75, 3.05) is 19.6 Å². The van der Waals surface area contributed by atoms with Gasteiger partial charge in [-0.2, -0.15) is 0 Å². The third kappa shape index (κ3) is 4.39. The van der Waals surface area contributed by atoms with Gasteiger partial charge >= 0.3 is 0 Å². The van der Waals surface area contributed by atoms with Crippen molar-refractivity contribution in [3.05, 3.63) is 72.2 Å². The molecule has 4 rings (SSSR count). The minimum atomic E-state index is -0.630. The fourth-order valence-electron chi connectivity index (χ4n) is 4.63. The predicted octanol–water partition coefficient (Wildman–Crippen LogP) is 4.18. The average molecular weight is 419 g/mol. The normalized spacial score (nSPS) is 18.9. The number of rotatable bonds is 8. The third-order valence-corrected chi connectivity index (χ3v) is 6.26. The molecule has 31 heavy (non-hydrogen) atoms. The third-order valence-electron chi connectivity index (χ3n) is 6.26. The van der Waals surface area contributed by atoms with Crippen LogP contribution in [0.1, 0.15) is 38.0 Å². The van der Waals surface area contributed by atoms with E-state index in [0.717, 1.165) is 42.0 Å². The summed E-state index contributed by atoms with van der Waals surface area (Å²) in [7, 11) is 0. The summed E-state index contributed by atoms with van der Waals surface area (Å²) in [6, 6.07) is 16.0. The molecule has 1 amide bonds. The quantitative estimate of drug-likeness (QED) is 0.549. The Bertz CT molecular complexity index is 985. The smallest absolute Gasteiger partial charge is 0.243 e. The van der Waals surface area contributed by atoms with Gasteiger partial charge in [0.15, 0.2) is 0 Å². The summed E-state index contributed by atoms with van der Waals surface area (Å²) in [5.74, 6) is 0.925. The second-order valence-electron chi connectivity index (χ2n) is 8.12. The maximum absolute atomic E-state index is 13.8. The number of nitrogens with zero attached hydrogens (tertiary/aromatic N) is 4. The van der Waals surface area contributed by atoms with Gasteiger partial charge in [0.2, 0.25) is 5.91 Å². The van der Waals surface area contributed by atoms with Gasteiger partial charge < -0.3 is 9.42 Å². The molecular formula is C25H30N4O2. The van der Waals surface area contributed by atoms with Crippen LogP contribution >= 0.6 is 0 Å². The lowest BCUT2D eigenvalue weighted by Gasteiger charge is -2.40. The van der Waals surface area contributed by atoms with E-state index in [2.05, 4.69) is 21.1 Å². The fourth-order valence-corrected chi connectivity index (χ4v) is 4.63. The van der Waals surface area contributed by atoms with Crippen molar-refractivity contribution in [2.24, 2.45) is 0 Å². The lowest BCUT2D eigenvalue weighted by Crippen LogP contribution is -2.57. The first kappa shape index (κ1) is 21.2. The number of benzene rings is 1. The van der Waals surface area contributed by atoms with Crippen molar-refractivity contribution in [1.82, 2.24) is 19.9 Å². The number of hydrogen-bond acceptors (Lipinski definition) is 5. The maximum Gasteiger partial charge on any atom is 0.243 e. The molecule has 0 unspecified atom stereocenters. The monoisotopic (exact) mass is 418 g/mol. The molecule has 1 atom stereocenters. The van der Waals surface area contributed by atoms with Gasteiger partial charge in [-0.05, 0) is 44.9 Å². The van der Waals surface area contributed by atoms with Crippen LogP contribution in [0, 0.1) is 0 Å². The Morgan fingerprint density at radius 3 is 2.68 bits per heavy atom. The Labute approximate surface area is 183 Å². The van der Waals surface area contributed by atoms with E-state index in [1.165, 1.54) is 0 Å². The Kier molecular flexibility index (Phi) is 6.47. The van der Waals surface area contributed by atoms with Gasteiger partial charge in [0.1, 0.15) is 17.0 Å². The molecular weight excluding hydrogens is 388 g/mol. The van der Waals surface area contributed by atoms with Crippen LogP contribution in [0.25, 0.3) is 11.3 Å².